The van der Waals surface area contributed by atoms with Crippen LogP contribution in [0.2, 0.25) is 0 Å². The molecule has 0 saturated carbocycles. The highest BCUT2D eigenvalue weighted by atomic mass is 32.1. The molecule has 0 bridgehead atoms. The molecule has 6 nitrogen and oxygen atoms in total. The van der Waals surface area contributed by atoms with Crippen molar-refractivity contribution in [2.75, 3.05) is 12.0 Å². The Hall–Kier alpha value is -2.32. The fourth-order valence-corrected chi connectivity index (χ4v) is 3.18. The third-order valence-electron chi connectivity index (χ3n) is 3.54. The fraction of sp³-hybridized carbons (Fsp3) is 0.294. The molecular formula is C17H20N4O2S2. The van der Waals surface area contributed by atoms with Crippen LogP contribution in [-0.4, -0.2) is 21.5 Å². The van der Waals surface area contributed by atoms with Crippen LogP contribution in [0, 0.1) is 11.7 Å². The van der Waals surface area contributed by atoms with Gasteiger partial charge in [0, 0.05) is 4.88 Å². The van der Waals surface area contributed by atoms with Crippen LogP contribution in [0.15, 0.2) is 35.7 Å². The molecule has 2 heterocycles. The number of rotatable bonds is 8. The van der Waals surface area contributed by atoms with Crippen molar-refractivity contribution in [1.29, 1.82) is 0 Å². The Morgan fingerprint density at radius 1 is 1.28 bits per heavy atom. The largest absolute Gasteiger partial charge is 0.490 e. The summed E-state index contributed by atoms with van der Waals surface area (Å²) in [5.74, 6) is 2.27. The zero-order chi connectivity index (χ0) is 17.6. The first kappa shape index (κ1) is 17.5. The number of aromatic amines is 1. The van der Waals surface area contributed by atoms with Gasteiger partial charge in [-0.25, -0.2) is 4.68 Å². The second kappa shape index (κ2) is 8.17. The monoisotopic (exact) mass is 376 g/mol. The zero-order valence-electron chi connectivity index (χ0n) is 14.1. The molecule has 2 aromatic heterocycles. The van der Waals surface area contributed by atoms with Gasteiger partial charge in [-0.1, -0.05) is 12.1 Å². The summed E-state index contributed by atoms with van der Waals surface area (Å²) in [4.78, 5) is 1.18. The van der Waals surface area contributed by atoms with Gasteiger partial charge in [0.05, 0.1) is 13.2 Å². The topological polar surface area (TPSA) is 64.1 Å². The summed E-state index contributed by atoms with van der Waals surface area (Å²) in [6, 6.07) is 10.0. The molecular weight excluding hydrogens is 356 g/mol. The number of ether oxygens (including phenoxy) is 2. The molecule has 0 aliphatic carbocycles. The maximum atomic E-state index is 5.91. The number of hydrogen-bond acceptors (Lipinski definition) is 6. The fourth-order valence-electron chi connectivity index (χ4n) is 2.33. The highest BCUT2D eigenvalue weighted by Gasteiger charge is 2.08. The Morgan fingerprint density at radius 2 is 2.16 bits per heavy atom. The van der Waals surface area contributed by atoms with Gasteiger partial charge < -0.3 is 14.9 Å². The molecule has 0 fully saturated rings. The van der Waals surface area contributed by atoms with E-state index in [2.05, 4.69) is 21.7 Å². The normalized spacial score (nSPS) is 10.6. The summed E-state index contributed by atoms with van der Waals surface area (Å²) in [5, 5.41) is 8.87. The smallest absolute Gasteiger partial charge is 0.214 e. The van der Waals surface area contributed by atoms with Gasteiger partial charge in [-0.2, -0.15) is 5.10 Å². The van der Waals surface area contributed by atoms with E-state index in [0.717, 1.165) is 22.9 Å². The van der Waals surface area contributed by atoms with Gasteiger partial charge in [-0.15, -0.1) is 11.3 Å². The average Bonchev–Trinajstić information content (AvgIpc) is 3.23. The van der Waals surface area contributed by atoms with Gasteiger partial charge in [0.2, 0.25) is 4.77 Å². The number of aryl methyl sites for hydroxylation is 1. The van der Waals surface area contributed by atoms with E-state index in [1.807, 2.05) is 43.5 Å². The SMILES string of the molecule is CCOc1cc(CNn2c(C)n[nH]c2=S)ccc1OCc1cccs1. The lowest BCUT2D eigenvalue weighted by atomic mass is 10.2. The van der Waals surface area contributed by atoms with E-state index in [1.54, 1.807) is 16.0 Å². The quantitative estimate of drug-likeness (QED) is 0.581. The summed E-state index contributed by atoms with van der Waals surface area (Å²) in [5.41, 5.74) is 4.31. The predicted molar refractivity (Wildman–Crippen MR) is 101 cm³/mol. The van der Waals surface area contributed by atoms with Crippen LogP contribution in [-0.2, 0) is 13.2 Å². The number of H-pyrrole nitrogens is 1. The molecule has 0 spiro atoms. The molecule has 0 amide bonds. The minimum atomic E-state index is 0.540. The maximum Gasteiger partial charge on any atom is 0.214 e. The number of nitrogens with zero attached hydrogens (tertiary/aromatic N) is 2. The lowest BCUT2D eigenvalue weighted by Gasteiger charge is -2.14. The first-order valence-electron chi connectivity index (χ1n) is 7.96. The second-order valence-corrected chi connectivity index (χ2v) is 6.75. The molecule has 0 saturated heterocycles. The molecule has 3 aromatic rings. The van der Waals surface area contributed by atoms with Crippen LogP contribution < -0.4 is 14.9 Å². The first-order valence-corrected chi connectivity index (χ1v) is 9.25. The summed E-state index contributed by atoms with van der Waals surface area (Å²) >= 11 is 6.87. The molecule has 2 N–H and O–H groups in total. The molecule has 0 aliphatic rings. The van der Waals surface area contributed by atoms with E-state index in [1.165, 1.54) is 4.88 Å². The van der Waals surface area contributed by atoms with Gasteiger partial charge >= 0.3 is 0 Å². The molecule has 0 unspecified atom stereocenters. The van der Waals surface area contributed by atoms with Crippen molar-refractivity contribution in [3.8, 4) is 11.5 Å². The third-order valence-corrected chi connectivity index (χ3v) is 4.66. The lowest BCUT2D eigenvalue weighted by Crippen LogP contribution is -2.16. The number of aromatic nitrogens is 3. The molecule has 8 heteroatoms. The van der Waals surface area contributed by atoms with Crippen molar-refractivity contribution in [2.24, 2.45) is 0 Å². The van der Waals surface area contributed by atoms with Crippen molar-refractivity contribution in [3.63, 3.8) is 0 Å². The maximum absolute atomic E-state index is 5.91. The molecule has 25 heavy (non-hydrogen) atoms. The zero-order valence-corrected chi connectivity index (χ0v) is 15.7. The van der Waals surface area contributed by atoms with Gasteiger partial charge in [0.1, 0.15) is 12.4 Å². The molecule has 0 radical (unpaired) electrons. The third kappa shape index (κ3) is 4.40. The Bertz CT molecular complexity index is 871. The van der Waals surface area contributed by atoms with Crippen molar-refractivity contribution in [3.05, 3.63) is 56.7 Å². The molecule has 0 atom stereocenters. The van der Waals surface area contributed by atoms with Crippen molar-refractivity contribution in [2.45, 2.75) is 27.0 Å². The highest BCUT2D eigenvalue weighted by Crippen LogP contribution is 2.29. The lowest BCUT2D eigenvalue weighted by molar-refractivity contribution is 0.271. The summed E-state index contributed by atoms with van der Waals surface area (Å²) < 4.78 is 13.9. The first-order chi connectivity index (χ1) is 12.2. The van der Waals surface area contributed by atoms with Gasteiger partial charge in [0.15, 0.2) is 11.5 Å². The van der Waals surface area contributed by atoms with E-state index >= 15 is 0 Å². The summed E-state index contributed by atoms with van der Waals surface area (Å²) in [6.45, 7) is 5.56. The van der Waals surface area contributed by atoms with Crippen LogP contribution in [0.1, 0.15) is 23.2 Å². The Kier molecular flexibility index (Phi) is 5.72. The minimum absolute atomic E-state index is 0.540. The van der Waals surface area contributed by atoms with Crippen molar-refractivity contribution >= 4 is 23.6 Å². The Balaban J connectivity index is 1.70. The average molecular weight is 377 g/mol. The Morgan fingerprint density at radius 3 is 2.84 bits per heavy atom. The van der Waals surface area contributed by atoms with Crippen LogP contribution in [0.4, 0.5) is 0 Å². The molecule has 132 valence electrons. The minimum Gasteiger partial charge on any atom is -0.490 e. The van der Waals surface area contributed by atoms with Gasteiger partial charge in [-0.3, -0.25) is 5.10 Å². The summed E-state index contributed by atoms with van der Waals surface area (Å²) in [6.07, 6.45) is 0. The second-order valence-electron chi connectivity index (χ2n) is 5.33. The van der Waals surface area contributed by atoms with Gasteiger partial charge in [0.25, 0.3) is 0 Å². The van der Waals surface area contributed by atoms with E-state index in [-0.39, 0.29) is 0 Å². The molecule has 3 rings (SSSR count). The van der Waals surface area contributed by atoms with E-state index in [4.69, 9.17) is 21.7 Å². The van der Waals surface area contributed by atoms with Crippen LogP contribution in [0.25, 0.3) is 0 Å². The van der Waals surface area contributed by atoms with E-state index < -0.39 is 0 Å². The molecule has 0 aliphatic heterocycles. The molecule has 1 aromatic carbocycles. The Labute approximate surface area is 155 Å². The van der Waals surface area contributed by atoms with Gasteiger partial charge in [-0.05, 0) is 55.2 Å². The number of hydrogen-bond donors (Lipinski definition) is 2. The van der Waals surface area contributed by atoms with Crippen LogP contribution in [0.3, 0.4) is 0 Å². The number of benzene rings is 1. The summed E-state index contributed by atoms with van der Waals surface area (Å²) in [7, 11) is 0. The van der Waals surface area contributed by atoms with Crippen molar-refractivity contribution < 1.29 is 9.47 Å². The van der Waals surface area contributed by atoms with Crippen LogP contribution >= 0.6 is 23.6 Å². The number of thiophene rings is 1. The number of nitrogens with one attached hydrogen (secondary N) is 2. The highest BCUT2D eigenvalue weighted by molar-refractivity contribution is 7.71. The predicted octanol–water partition coefficient (Wildman–Crippen LogP) is 4.03. The van der Waals surface area contributed by atoms with E-state index in [9.17, 15) is 0 Å². The van der Waals surface area contributed by atoms with Crippen molar-refractivity contribution in [1.82, 2.24) is 14.9 Å². The van der Waals surface area contributed by atoms with Crippen LogP contribution in [0.5, 0.6) is 11.5 Å². The van der Waals surface area contributed by atoms with E-state index in [0.29, 0.717) is 24.5 Å². The standard InChI is InChI=1S/C17H20N4O2S2/c1-3-22-16-9-13(10-18-21-12(2)19-20-17(21)24)6-7-15(16)23-11-14-5-4-8-25-14/h4-9,18H,3,10-11H2,1-2H3,(H,20,24).